The van der Waals surface area contributed by atoms with Crippen molar-refractivity contribution in [3.63, 3.8) is 0 Å². The molecule has 94 valence electrons. The third kappa shape index (κ3) is 3.73. The van der Waals surface area contributed by atoms with E-state index in [0.29, 0.717) is 5.56 Å². The molecule has 0 atom stereocenters. The van der Waals surface area contributed by atoms with Gasteiger partial charge in [-0.05, 0) is 31.0 Å². The van der Waals surface area contributed by atoms with Crippen molar-refractivity contribution in [1.82, 2.24) is 0 Å². The molecule has 1 N–H and O–H groups in total. The second-order valence-electron chi connectivity index (χ2n) is 3.95. The summed E-state index contributed by atoms with van der Waals surface area (Å²) in [5.74, 6) is -0.876. The van der Waals surface area contributed by atoms with E-state index >= 15 is 0 Å². The van der Waals surface area contributed by atoms with Crippen LogP contribution in [0.15, 0.2) is 22.7 Å². The number of carbonyl (C=O) groups is 1. The quantitative estimate of drug-likeness (QED) is 0.869. The summed E-state index contributed by atoms with van der Waals surface area (Å²) in [4.78, 5) is 13.4. The van der Waals surface area contributed by atoms with E-state index in [9.17, 15) is 9.90 Å². The minimum atomic E-state index is -0.876. The molecule has 1 aromatic rings. The third-order valence-electron chi connectivity index (χ3n) is 2.52. The summed E-state index contributed by atoms with van der Waals surface area (Å²) in [6.45, 7) is 5.97. The molecular weight excluding hydrogens is 282 g/mol. The Morgan fingerprint density at radius 3 is 2.35 bits per heavy atom. The van der Waals surface area contributed by atoms with Crippen LogP contribution in [0.1, 0.15) is 37.0 Å². The number of halogens is 1. The topological polar surface area (TPSA) is 40.5 Å². The molecule has 0 bridgehead atoms. The van der Waals surface area contributed by atoms with Crippen LogP contribution in [0.4, 0.5) is 5.69 Å². The highest BCUT2D eigenvalue weighted by atomic mass is 79.9. The lowest BCUT2D eigenvalue weighted by Crippen LogP contribution is -2.26. The molecule has 0 radical (unpaired) electrons. The number of anilines is 1. The third-order valence-corrected chi connectivity index (χ3v) is 3.01. The Morgan fingerprint density at radius 2 is 1.88 bits per heavy atom. The fraction of sp³-hybridized carbons (Fsp3) is 0.462. The van der Waals surface area contributed by atoms with Crippen LogP contribution in [0.3, 0.4) is 0 Å². The molecule has 0 saturated heterocycles. The van der Waals surface area contributed by atoms with Crippen LogP contribution in [-0.4, -0.2) is 24.2 Å². The summed E-state index contributed by atoms with van der Waals surface area (Å²) in [6, 6.07) is 5.43. The number of benzene rings is 1. The molecule has 0 fully saturated rings. The molecule has 0 aliphatic rings. The van der Waals surface area contributed by atoms with Crippen LogP contribution >= 0.6 is 15.9 Å². The summed E-state index contributed by atoms with van der Waals surface area (Å²) in [5, 5.41) is 9.23. The van der Waals surface area contributed by atoms with Gasteiger partial charge in [-0.2, -0.15) is 0 Å². The molecule has 0 unspecified atom stereocenters. The summed E-state index contributed by atoms with van der Waals surface area (Å²) >= 11 is 3.31. The predicted octanol–water partition coefficient (Wildman–Crippen LogP) is 3.77. The number of hydrogen-bond donors (Lipinski definition) is 1. The van der Waals surface area contributed by atoms with Crippen LogP contribution in [0, 0.1) is 0 Å². The van der Waals surface area contributed by atoms with Gasteiger partial charge in [0.2, 0.25) is 0 Å². The summed E-state index contributed by atoms with van der Waals surface area (Å²) in [5.41, 5.74) is 1.17. The van der Waals surface area contributed by atoms with Crippen LogP contribution in [-0.2, 0) is 0 Å². The number of hydrogen-bond acceptors (Lipinski definition) is 2. The Bertz CT molecular complexity index is 387. The van der Waals surface area contributed by atoms with Crippen LogP contribution in [0.5, 0.6) is 0 Å². The van der Waals surface area contributed by atoms with Crippen LogP contribution in [0.2, 0.25) is 0 Å². The number of rotatable bonds is 6. The molecule has 0 amide bonds. The van der Waals surface area contributed by atoms with Gasteiger partial charge in [0, 0.05) is 17.6 Å². The van der Waals surface area contributed by atoms with E-state index in [0.717, 1.165) is 36.1 Å². The zero-order valence-electron chi connectivity index (χ0n) is 10.2. The van der Waals surface area contributed by atoms with Crippen molar-refractivity contribution < 1.29 is 9.90 Å². The van der Waals surface area contributed by atoms with E-state index in [4.69, 9.17) is 0 Å². The second kappa shape index (κ2) is 6.64. The van der Waals surface area contributed by atoms with Gasteiger partial charge in [0.25, 0.3) is 0 Å². The summed E-state index contributed by atoms with van der Waals surface area (Å²) in [6.07, 6.45) is 2.02. The van der Waals surface area contributed by atoms with Crippen molar-refractivity contribution in [1.29, 1.82) is 0 Å². The van der Waals surface area contributed by atoms with Gasteiger partial charge in [0.1, 0.15) is 0 Å². The maximum atomic E-state index is 11.2. The number of nitrogens with zero attached hydrogens (tertiary/aromatic N) is 1. The van der Waals surface area contributed by atoms with Crippen molar-refractivity contribution in [3.05, 3.63) is 28.2 Å². The number of carboxylic acid groups (broad SMARTS) is 1. The normalized spacial score (nSPS) is 10.3. The molecule has 0 saturated carbocycles. The molecular formula is C13H18BrNO2. The van der Waals surface area contributed by atoms with E-state index in [1.807, 2.05) is 12.1 Å². The molecule has 17 heavy (non-hydrogen) atoms. The zero-order chi connectivity index (χ0) is 12.8. The minimum absolute atomic E-state index is 0.362. The van der Waals surface area contributed by atoms with Gasteiger partial charge in [0.15, 0.2) is 0 Å². The van der Waals surface area contributed by atoms with Crippen LogP contribution < -0.4 is 4.90 Å². The standard InChI is InChI=1S/C13H18BrNO2/c1-3-7-15(8-4-2)12-6-5-10(14)9-11(12)13(16)17/h5-6,9H,3-4,7-8H2,1-2H3,(H,16,17). The first-order chi connectivity index (χ1) is 8.10. The monoisotopic (exact) mass is 299 g/mol. The van der Waals surface area contributed by atoms with Gasteiger partial charge in [-0.15, -0.1) is 0 Å². The SMILES string of the molecule is CCCN(CCC)c1ccc(Br)cc1C(=O)O. The molecule has 0 aromatic heterocycles. The Morgan fingerprint density at radius 1 is 1.29 bits per heavy atom. The second-order valence-corrected chi connectivity index (χ2v) is 4.87. The first-order valence-electron chi connectivity index (χ1n) is 5.88. The highest BCUT2D eigenvalue weighted by molar-refractivity contribution is 9.10. The van der Waals surface area contributed by atoms with Gasteiger partial charge in [-0.3, -0.25) is 0 Å². The van der Waals surface area contributed by atoms with Gasteiger partial charge in [-0.1, -0.05) is 29.8 Å². The zero-order valence-corrected chi connectivity index (χ0v) is 11.8. The van der Waals surface area contributed by atoms with Crippen molar-refractivity contribution in [2.24, 2.45) is 0 Å². The van der Waals surface area contributed by atoms with E-state index in [2.05, 4.69) is 34.7 Å². The average Bonchev–Trinajstić information content (AvgIpc) is 2.28. The Balaban J connectivity index is 3.12. The smallest absolute Gasteiger partial charge is 0.337 e. The first-order valence-corrected chi connectivity index (χ1v) is 6.67. The van der Waals surface area contributed by atoms with E-state index in [1.54, 1.807) is 6.07 Å². The van der Waals surface area contributed by atoms with Gasteiger partial charge in [0.05, 0.1) is 11.3 Å². The molecule has 0 aliphatic heterocycles. The van der Waals surface area contributed by atoms with Gasteiger partial charge < -0.3 is 10.0 Å². The van der Waals surface area contributed by atoms with Gasteiger partial charge >= 0.3 is 5.97 Å². The maximum Gasteiger partial charge on any atom is 0.337 e. The molecule has 0 heterocycles. The molecule has 1 aromatic carbocycles. The highest BCUT2D eigenvalue weighted by Crippen LogP contribution is 2.25. The summed E-state index contributed by atoms with van der Waals surface area (Å²) in [7, 11) is 0. The van der Waals surface area contributed by atoms with Gasteiger partial charge in [-0.25, -0.2) is 4.79 Å². The van der Waals surface area contributed by atoms with Crippen molar-refractivity contribution in [3.8, 4) is 0 Å². The largest absolute Gasteiger partial charge is 0.478 e. The number of aromatic carboxylic acids is 1. The molecule has 3 nitrogen and oxygen atoms in total. The van der Waals surface area contributed by atoms with Crippen molar-refractivity contribution in [2.75, 3.05) is 18.0 Å². The molecule has 4 heteroatoms. The number of carboxylic acids is 1. The van der Waals surface area contributed by atoms with Crippen molar-refractivity contribution >= 4 is 27.6 Å². The lowest BCUT2D eigenvalue weighted by atomic mass is 10.1. The summed E-state index contributed by atoms with van der Waals surface area (Å²) < 4.78 is 0.798. The Kier molecular flexibility index (Phi) is 5.48. The fourth-order valence-corrected chi connectivity index (χ4v) is 2.21. The van der Waals surface area contributed by atoms with E-state index < -0.39 is 5.97 Å². The molecule has 1 rings (SSSR count). The Labute approximate surface area is 111 Å². The highest BCUT2D eigenvalue weighted by Gasteiger charge is 2.15. The predicted molar refractivity (Wildman–Crippen MR) is 73.9 cm³/mol. The first kappa shape index (κ1) is 14.0. The molecule has 0 spiro atoms. The van der Waals surface area contributed by atoms with E-state index in [-0.39, 0.29) is 0 Å². The maximum absolute atomic E-state index is 11.2. The lowest BCUT2D eigenvalue weighted by Gasteiger charge is -2.25. The Hall–Kier alpha value is -1.03. The average molecular weight is 300 g/mol. The fourth-order valence-electron chi connectivity index (χ4n) is 1.85. The van der Waals surface area contributed by atoms with Crippen LogP contribution in [0.25, 0.3) is 0 Å². The molecule has 0 aliphatic carbocycles. The van der Waals surface area contributed by atoms with E-state index in [1.165, 1.54) is 0 Å². The minimum Gasteiger partial charge on any atom is -0.478 e. The lowest BCUT2D eigenvalue weighted by molar-refractivity contribution is 0.0697. The van der Waals surface area contributed by atoms with Crippen molar-refractivity contribution in [2.45, 2.75) is 26.7 Å².